The second-order valence-corrected chi connectivity index (χ2v) is 16.9. The molecule has 7 heterocycles. The zero-order valence-electron chi connectivity index (χ0n) is 38.5. The predicted octanol–water partition coefficient (Wildman–Crippen LogP) is 6.21. The number of primary amides is 2. The van der Waals surface area contributed by atoms with E-state index in [1.54, 1.807) is 37.6 Å². The van der Waals surface area contributed by atoms with Crippen molar-refractivity contribution in [2.45, 2.75) is 74.1 Å². The molecule has 9 rings (SSSR count). The van der Waals surface area contributed by atoms with E-state index in [4.69, 9.17) is 45.6 Å². The van der Waals surface area contributed by atoms with Gasteiger partial charge in [-0.2, -0.15) is 10.2 Å². The van der Waals surface area contributed by atoms with E-state index >= 15 is 0 Å². The molecule has 0 saturated carbocycles. The lowest BCUT2D eigenvalue weighted by Gasteiger charge is -2.26. The van der Waals surface area contributed by atoms with Crippen molar-refractivity contribution < 1.29 is 23.8 Å². The van der Waals surface area contributed by atoms with Gasteiger partial charge in [0, 0.05) is 90.9 Å². The molecule has 342 valence electrons. The Bertz CT molecular complexity index is 3220. The van der Waals surface area contributed by atoms with Crippen LogP contribution in [-0.4, -0.2) is 112 Å². The lowest BCUT2D eigenvalue weighted by atomic mass is 10.1. The molecule has 0 spiro atoms. The van der Waals surface area contributed by atoms with Crippen LogP contribution in [0.1, 0.15) is 66.2 Å². The molecular weight excluding hydrogens is 839 g/mol. The first-order chi connectivity index (χ1) is 31.9. The van der Waals surface area contributed by atoms with E-state index in [2.05, 4.69) is 38.1 Å². The molecule has 6 aromatic heterocycles. The molecule has 1 saturated heterocycles. The highest BCUT2D eigenvalue weighted by Gasteiger charge is 2.25. The van der Waals surface area contributed by atoms with Gasteiger partial charge in [-0.3, -0.25) is 23.9 Å². The largest absolute Gasteiger partial charge is 0.495 e. The number of aromatic nitrogens is 10. The van der Waals surface area contributed by atoms with E-state index < -0.39 is 11.8 Å². The summed E-state index contributed by atoms with van der Waals surface area (Å²) in [5.74, 6) is 0.931. The van der Waals surface area contributed by atoms with E-state index in [0.717, 1.165) is 106 Å². The second-order valence-electron chi connectivity index (χ2n) is 16.9. The minimum atomic E-state index is -0.571. The summed E-state index contributed by atoms with van der Waals surface area (Å²) in [6, 6.07) is 10.9. The number of nitrogens with two attached hydrogens (primary N) is 2. The Morgan fingerprint density at radius 1 is 0.697 bits per heavy atom. The average Bonchev–Trinajstić information content (AvgIpc) is 4.07. The maximum atomic E-state index is 12.9. The summed E-state index contributed by atoms with van der Waals surface area (Å²) in [5, 5.41) is 12.3. The molecule has 2 amide bonds. The number of hydrogen-bond donors (Lipinski definition) is 2. The fourth-order valence-corrected chi connectivity index (χ4v) is 9.01. The van der Waals surface area contributed by atoms with Crippen LogP contribution >= 0.6 is 0 Å². The van der Waals surface area contributed by atoms with Gasteiger partial charge < -0.3 is 34.8 Å². The highest BCUT2D eigenvalue weighted by atomic mass is 16.5. The summed E-state index contributed by atoms with van der Waals surface area (Å²) in [5.41, 5.74) is 20.7. The molecule has 1 aliphatic rings. The zero-order valence-corrected chi connectivity index (χ0v) is 38.5. The summed E-state index contributed by atoms with van der Waals surface area (Å²) in [6.45, 7) is 18.7. The lowest BCUT2D eigenvalue weighted by Crippen LogP contribution is -2.37. The SMILES string of the molecule is CCn1nc(C)cc1-c1ncc2c3cc(C(N)=O)cc(OC)c3n(C/C(C)=C(\C)Cn3c4nc(-c5cc(C)nn5CC)ncc4c4cc(C(N)=O)cc(OCCCN5CCOCC5)c43)c2n1. The number of amides is 2. The summed E-state index contributed by atoms with van der Waals surface area (Å²) in [6.07, 6.45) is 4.38. The molecule has 66 heavy (non-hydrogen) atoms. The molecule has 18 nitrogen and oxygen atoms in total. The number of carbonyl (C=O) groups is 2. The molecule has 0 radical (unpaired) electrons. The number of nitrogens with zero attached hydrogens (tertiary/aromatic N) is 11. The molecule has 0 atom stereocenters. The number of fused-ring (bicyclic) bond motifs is 6. The Morgan fingerprint density at radius 3 is 1.65 bits per heavy atom. The number of hydrogen-bond acceptors (Lipinski definition) is 12. The summed E-state index contributed by atoms with van der Waals surface area (Å²) in [4.78, 5) is 47.9. The van der Waals surface area contributed by atoms with E-state index in [1.807, 2.05) is 55.4 Å². The fourth-order valence-electron chi connectivity index (χ4n) is 9.01. The van der Waals surface area contributed by atoms with Crippen LogP contribution < -0.4 is 20.9 Å². The first kappa shape index (κ1) is 44.0. The van der Waals surface area contributed by atoms with Gasteiger partial charge >= 0.3 is 0 Å². The normalized spacial score (nSPS) is 13.9. The molecule has 4 N–H and O–H groups in total. The highest BCUT2D eigenvalue weighted by Crippen LogP contribution is 2.39. The van der Waals surface area contributed by atoms with Crippen LogP contribution in [0, 0.1) is 13.8 Å². The van der Waals surface area contributed by atoms with Gasteiger partial charge in [-0.1, -0.05) is 11.1 Å². The third kappa shape index (κ3) is 8.10. The van der Waals surface area contributed by atoms with Crippen molar-refractivity contribution in [2.75, 3.05) is 46.6 Å². The minimum Gasteiger partial charge on any atom is -0.495 e. The van der Waals surface area contributed by atoms with Crippen molar-refractivity contribution in [3.63, 3.8) is 0 Å². The standard InChI is InChI=1S/C48H55N13O5/c1-8-60-37(17-29(5)55-60)45-51-23-35-33-19-31(43(49)62)21-39(64-7)41(33)58(47(35)53-45)25-27(3)28(4)26-59-42-34(36-24-52-46(54-48(36)59)38-18-30(6)56-61(38)9-2)20-32(44(50)63)22-40(42)66-14-10-11-57-12-15-65-16-13-57/h17-24H,8-16,25-26H2,1-7H3,(H2,49,62)(H2,50,63)/b28-27+. The quantitative estimate of drug-likeness (QED) is 0.0819. The average molecular weight is 894 g/mol. The topological polar surface area (TPSA) is 214 Å². The third-order valence-electron chi connectivity index (χ3n) is 12.5. The Labute approximate surface area is 381 Å². The molecule has 1 fully saturated rings. The third-order valence-corrected chi connectivity index (χ3v) is 12.5. The van der Waals surface area contributed by atoms with Crippen molar-refractivity contribution in [3.05, 3.63) is 82.5 Å². The van der Waals surface area contributed by atoms with E-state index in [-0.39, 0.29) is 0 Å². The molecule has 0 bridgehead atoms. The molecule has 8 aromatic rings. The van der Waals surface area contributed by atoms with Crippen LogP contribution in [0.3, 0.4) is 0 Å². The van der Waals surface area contributed by atoms with Gasteiger partial charge in [0.2, 0.25) is 11.8 Å². The molecule has 18 heteroatoms. The number of benzene rings is 2. The summed E-state index contributed by atoms with van der Waals surface area (Å²) in [7, 11) is 1.58. The van der Waals surface area contributed by atoms with Crippen LogP contribution in [0.25, 0.3) is 66.9 Å². The van der Waals surface area contributed by atoms with Crippen LogP contribution in [0.4, 0.5) is 0 Å². The maximum absolute atomic E-state index is 12.9. The Kier molecular flexibility index (Phi) is 12.0. The molecule has 0 aliphatic carbocycles. The van der Waals surface area contributed by atoms with Gasteiger partial charge in [-0.15, -0.1) is 0 Å². The molecule has 1 aliphatic heterocycles. The Morgan fingerprint density at radius 2 is 1.18 bits per heavy atom. The van der Waals surface area contributed by atoms with Crippen LogP contribution in [0.5, 0.6) is 11.5 Å². The van der Waals surface area contributed by atoms with Gasteiger partial charge in [0.05, 0.1) is 49.4 Å². The van der Waals surface area contributed by atoms with Gasteiger partial charge in [0.25, 0.3) is 0 Å². The van der Waals surface area contributed by atoms with Crippen molar-refractivity contribution in [1.82, 2.24) is 53.5 Å². The van der Waals surface area contributed by atoms with Crippen molar-refractivity contribution >= 4 is 55.7 Å². The van der Waals surface area contributed by atoms with Gasteiger partial charge in [-0.05, 0) is 84.4 Å². The highest BCUT2D eigenvalue weighted by molar-refractivity contribution is 6.13. The number of ether oxygens (including phenoxy) is 3. The van der Waals surface area contributed by atoms with Crippen molar-refractivity contribution in [1.29, 1.82) is 0 Å². The number of allylic oxidation sites excluding steroid dienone is 2. The minimum absolute atomic E-state index is 0.314. The van der Waals surface area contributed by atoms with Gasteiger partial charge in [0.1, 0.15) is 34.2 Å². The molecular formula is C48H55N13O5. The van der Waals surface area contributed by atoms with Gasteiger partial charge in [0.15, 0.2) is 11.6 Å². The van der Waals surface area contributed by atoms with Crippen LogP contribution in [0.15, 0.2) is 59.9 Å². The number of aryl methyl sites for hydroxylation is 4. The van der Waals surface area contributed by atoms with Gasteiger partial charge in [-0.25, -0.2) is 19.9 Å². The fraction of sp³-hybridized carbons (Fsp3) is 0.375. The van der Waals surface area contributed by atoms with Crippen molar-refractivity contribution in [2.24, 2.45) is 11.5 Å². The second kappa shape index (κ2) is 18.0. The first-order valence-electron chi connectivity index (χ1n) is 22.3. The summed E-state index contributed by atoms with van der Waals surface area (Å²) >= 11 is 0. The number of morpholine rings is 1. The smallest absolute Gasteiger partial charge is 0.248 e. The van der Waals surface area contributed by atoms with Crippen molar-refractivity contribution in [3.8, 4) is 34.5 Å². The van der Waals surface area contributed by atoms with Crippen LogP contribution in [0.2, 0.25) is 0 Å². The summed E-state index contributed by atoms with van der Waals surface area (Å²) < 4.78 is 26.2. The molecule has 2 aromatic carbocycles. The van der Waals surface area contributed by atoms with E-state index in [9.17, 15) is 9.59 Å². The number of methoxy groups -OCH3 is 1. The number of rotatable bonds is 16. The Hall–Kier alpha value is -7.18. The lowest BCUT2D eigenvalue weighted by molar-refractivity contribution is 0.0358. The monoisotopic (exact) mass is 893 g/mol. The zero-order chi connectivity index (χ0) is 46.4. The van der Waals surface area contributed by atoms with E-state index in [0.29, 0.717) is 78.4 Å². The maximum Gasteiger partial charge on any atom is 0.248 e. The Balaban J connectivity index is 1.20. The van der Waals surface area contributed by atoms with E-state index in [1.165, 1.54) is 0 Å². The first-order valence-corrected chi connectivity index (χ1v) is 22.3. The number of carbonyl (C=O) groups excluding carboxylic acids is 2. The predicted molar refractivity (Wildman–Crippen MR) is 253 cm³/mol. The molecule has 0 unspecified atom stereocenters. The van der Waals surface area contributed by atoms with Crippen LogP contribution in [-0.2, 0) is 30.9 Å².